The molecule has 1 heterocycles. The van der Waals surface area contributed by atoms with Gasteiger partial charge >= 0.3 is 0 Å². The second-order valence-electron chi connectivity index (χ2n) is 4.92. The SMILES string of the molecule is CN(CC(C)(C)O)C(=O)CCc1ccncc1. The van der Waals surface area contributed by atoms with Crippen molar-refractivity contribution in [3.8, 4) is 0 Å². The topological polar surface area (TPSA) is 53.4 Å². The first-order chi connectivity index (χ1) is 7.88. The maximum absolute atomic E-state index is 11.8. The van der Waals surface area contributed by atoms with Crippen LogP contribution in [0.1, 0.15) is 25.8 Å². The number of rotatable bonds is 5. The fourth-order valence-corrected chi connectivity index (χ4v) is 1.66. The highest BCUT2D eigenvalue weighted by molar-refractivity contribution is 5.76. The summed E-state index contributed by atoms with van der Waals surface area (Å²) in [4.78, 5) is 17.3. The number of aromatic nitrogens is 1. The number of nitrogens with zero attached hydrogens (tertiary/aromatic N) is 2. The Morgan fingerprint density at radius 1 is 1.41 bits per heavy atom. The standard InChI is InChI=1S/C13H20N2O2/c1-13(2,17)10-15(3)12(16)5-4-11-6-8-14-9-7-11/h6-9,17H,4-5,10H2,1-3H3. The Kier molecular flexibility index (Phi) is 4.63. The number of likely N-dealkylation sites (N-methyl/N-ethyl adjacent to an activating group) is 1. The van der Waals surface area contributed by atoms with Gasteiger partial charge in [-0.15, -0.1) is 0 Å². The molecule has 0 radical (unpaired) electrons. The van der Waals surface area contributed by atoms with Gasteiger partial charge in [-0.25, -0.2) is 0 Å². The molecule has 0 aromatic carbocycles. The lowest BCUT2D eigenvalue weighted by Crippen LogP contribution is -2.39. The molecule has 17 heavy (non-hydrogen) atoms. The molecular weight excluding hydrogens is 216 g/mol. The van der Waals surface area contributed by atoms with E-state index in [1.54, 1.807) is 38.2 Å². The Morgan fingerprint density at radius 2 is 2.00 bits per heavy atom. The number of aryl methyl sites for hydroxylation is 1. The Bertz CT molecular complexity index is 357. The van der Waals surface area contributed by atoms with Crippen LogP contribution in [0.5, 0.6) is 0 Å². The largest absolute Gasteiger partial charge is 0.389 e. The molecule has 1 N–H and O–H groups in total. The molecule has 0 spiro atoms. The van der Waals surface area contributed by atoms with Crippen LogP contribution in [-0.4, -0.2) is 40.1 Å². The van der Waals surface area contributed by atoms with Crippen LogP contribution in [0.2, 0.25) is 0 Å². The number of hydrogen-bond donors (Lipinski definition) is 1. The van der Waals surface area contributed by atoms with Gasteiger partial charge in [0.05, 0.1) is 5.60 Å². The summed E-state index contributed by atoms with van der Waals surface area (Å²) < 4.78 is 0. The van der Waals surface area contributed by atoms with Crippen molar-refractivity contribution in [1.82, 2.24) is 9.88 Å². The Balaban J connectivity index is 2.40. The molecule has 0 aliphatic carbocycles. The van der Waals surface area contributed by atoms with Crippen molar-refractivity contribution in [1.29, 1.82) is 0 Å². The number of carbonyl (C=O) groups is 1. The second kappa shape index (κ2) is 5.77. The van der Waals surface area contributed by atoms with Crippen LogP contribution in [0.4, 0.5) is 0 Å². The first-order valence-electron chi connectivity index (χ1n) is 5.74. The predicted molar refractivity (Wildman–Crippen MR) is 66.5 cm³/mol. The third kappa shape index (κ3) is 5.45. The van der Waals surface area contributed by atoms with Crippen LogP contribution in [0.3, 0.4) is 0 Å². The minimum atomic E-state index is -0.846. The van der Waals surface area contributed by atoms with E-state index in [-0.39, 0.29) is 5.91 Å². The minimum Gasteiger partial charge on any atom is -0.389 e. The van der Waals surface area contributed by atoms with Gasteiger partial charge in [-0.05, 0) is 38.0 Å². The van der Waals surface area contributed by atoms with Crippen LogP contribution in [0.25, 0.3) is 0 Å². The van der Waals surface area contributed by atoms with Crippen LogP contribution in [-0.2, 0) is 11.2 Å². The van der Waals surface area contributed by atoms with Crippen molar-refractivity contribution in [2.75, 3.05) is 13.6 Å². The number of pyridine rings is 1. The van der Waals surface area contributed by atoms with Gasteiger partial charge in [0.25, 0.3) is 0 Å². The van der Waals surface area contributed by atoms with Gasteiger partial charge in [-0.1, -0.05) is 0 Å². The molecule has 0 saturated heterocycles. The minimum absolute atomic E-state index is 0.0453. The molecular formula is C13H20N2O2. The van der Waals surface area contributed by atoms with E-state index in [9.17, 15) is 9.90 Å². The Labute approximate surface area is 102 Å². The van der Waals surface area contributed by atoms with E-state index in [1.807, 2.05) is 12.1 Å². The van der Waals surface area contributed by atoms with E-state index in [1.165, 1.54) is 0 Å². The van der Waals surface area contributed by atoms with E-state index in [0.717, 1.165) is 5.56 Å². The maximum atomic E-state index is 11.8. The van der Waals surface area contributed by atoms with Gasteiger partial charge in [0.2, 0.25) is 5.91 Å². The lowest BCUT2D eigenvalue weighted by Gasteiger charge is -2.25. The summed E-state index contributed by atoms with van der Waals surface area (Å²) in [5.41, 5.74) is 0.256. The van der Waals surface area contributed by atoms with E-state index in [2.05, 4.69) is 4.98 Å². The van der Waals surface area contributed by atoms with Crippen LogP contribution in [0, 0.1) is 0 Å². The summed E-state index contributed by atoms with van der Waals surface area (Å²) in [5.74, 6) is 0.0453. The second-order valence-corrected chi connectivity index (χ2v) is 4.92. The van der Waals surface area contributed by atoms with Gasteiger partial charge in [0.15, 0.2) is 0 Å². The fourth-order valence-electron chi connectivity index (χ4n) is 1.66. The van der Waals surface area contributed by atoms with Crippen molar-refractivity contribution < 1.29 is 9.90 Å². The molecule has 94 valence electrons. The Hall–Kier alpha value is -1.42. The molecule has 0 atom stereocenters. The van der Waals surface area contributed by atoms with Crippen molar-refractivity contribution in [3.63, 3.8) is 0 Å². The molecule has 1 amide bonds. The van der Waals surface area contributed by atoms with Crippen LogP contribution < -0.4 is 0 Å². The summed E-state index contributed by atoms with van der Waals surface area (Å²) in [6, 6.07) is 3.81. The van der Waals surface area contributed by atoms with E-state index in [0.29, 0.717) is 19.4 Å². The zero-order chi connectivity index (χ0) is 12.9. The number of amides is 1. The molecule has 0 aliphatic heterocycles. The van der Waals surface area contributed by atoms with Crippen molar-refractivity contribution in [3.05, 3.63) is 30.1 Å². The lowest BCUT2D eigenvalue weighted by atomic mass is 10.1. The monoisotopic (exact) mass is 236 g/mol. The lowest BCUT2D eigenvalue weighted by molar-refractivity contribution is -0.132. The van der Waals surface area contributed by atoms with Crippen molar-refractivity contribution in [2.24, 2.45) is 0 Å². The number of carbonyl (C=O) groups excluding carboxylic acids is 1. The quantitative estimate of drug-likeness (QED) is 0.837. The summed E-state index contributed by atoms with van der Waals surface area (Å²) in [5, 5.41) is 9.62. The molecule has 0 bridgehead atoms. The highest BCUT2D eigenvalue weighted by atomic mass is 16.3. The summed E-state index contributed by atoms with van der Waals surface area (Å²) >= 11 is 0. The van der Waals surface area contributed by atoms with Crippen LogP contribution in [0.15, 0.2) is 24.5 Å². The normalized spacial score (nSPS) is 11.3. The zero-order valence-electron chi connectivity index (χ0n) is 10.7. The smallest absolute Gasteiger partial charge is 0.222 e. The highest BCUT2D eigenvalue weighted by Crippen LogP contribution is 2.07. The molecule has 1 rings (SSSR count). The van der Waals surface area contributed by atoms with E-state index >= 15 is 0 Å². The molecule has 4 nitrogen and oxygen atoms in total. The van der Waals surface area contributed by atoms with Gasteiger partial charge in [-0.3, -0.25) is 9.78 Å². The maximum Gasteiger partial charge on any atom is 0.222 e. The average Bonchev–Trinajstić information content (AvgIpc) is 2.25. The fraction of sp³-hybridized carbons (Fsp3) is 0.538. The molecule has 0 fully saturated rings. The Morgan fingerprint density at radius 3 is 2.53 bits per heavy atom. The molecule has 0 aliphatic rings. The van der Waals surface area contributed by atoms with Crippen molar-refractivity contribution >= 4 is 5.91 Å². The molecule has 4 heteroatoms. The summed E-state index contributed by atoms with van der Waals surface area (Å²) in [6.07, 6.45) is 4.61. The molecule has 0 saturated carbocycles. The number of hydrogen-bond acceptors (Lipinski definition) is 3. The summed E-state index contributed by atoms with van der Waals surface area (Å²) in [7, 11) is 1.72. The van der Waals surface area contributed by atoms with E-state index in [4.69, 9.17) is 0 Å². The van der Waals surface area contributed by atoms with Gasteiger partial charge < -0.3 is 10.0 Å². The third-order valence-corrected chi connectivity index (χ3v) is 2.43. The van der Waals surface area contributed by atoms with Gasteiger partial charge in [0.1, 0.15) is 0 Å². The van der Waals surface area contributed by atoms with Gasteiger partial charge in [0, 0.05) is 32.4 Å². The average molecular weight is 236 g/mol. The predicted octanol–water partition coefficient (Wildman–Crippen LogP) is 1.24. The van der Waals surface area contributed by atoms with Crippen LogP contribution >= 0.6 is 0 Å². The number of aliphatic hydroxyl groups is 1. The first kappa shape index (κ1) is 13.6. The summed E-state index contributed by atoms with van der Waals surface area (Å²) in [6.45, 7) is 3.74. The van der Waals surface area contributed by atoms with Gasteiger partial charge in [-0.2, -0.15) is 0 Å². The molecule has 0 unspecified atom stereocenters. The first-order valence-corrected chi connectivity index (χ1v) is 5.74. The van der Waals surface area contributed by atoms with Crippen molar-refractivity contribution in [2.45, 2.75) is 32.3 Å². The van der Waals surface area contributed by atoms with E-state index < -0.39 is 5.60 Å². The highest BCUT2D eigenvalue weighted by Gasteiger charge is 2.18. The zero-order valence-corrected chi connectivity index (χ0v) is 10.7. The molecule has 1 aromatic rings. The third-order valence-electron chi connectivity index (χ3n) is 2.43. The molecule has 1 aromatic heterocycles.